The Morgan fingerprint density at radius 1 is 0.792 bits per heavy atom. The molecule has 0 spiro atoms. The van der Waals surface area contributed by atoms with E-state index in [0.717, 1.165) is 18.3 Å². The average Bonchev–Trinajstić information content (AvgIpc) is 2.68. The highest BCUT2D eigenvalue weighted by Crippen LogP contribution is 2.37. The summed E-state index contributed by atoms with van der Waals surface area (Å²) in [6, 6.07) is 25.3. The van der Waals surface area contributed by atoms with Gasteiger partial charge in [-0.25, -0.2) is 0 Å². The smallest absolute Gasteiger partial charge is 0.146 e. The lowest BCUT2D eigenvalue weighted by Gasteiger charge is -2.23. The fourth-order valence-corrected chi connectivity index (χ4v) is 3.44. The van der Waals surface area contributed by atoms with Gasteiger partial charge in [-0.05, 0) is 45.5 Å². The van der Waals surface area contributed by atoms with Crippen molar-refractivity contribution in [3.63, 3.8) is 0 Å². The van der Waals surface area contributed by atoms with E-state index in [4.69, 9.17) is 0 Å². The molecule has 3 aromatic rings. The van der Waals surface area contributed by atoms with Crippen LogP contribution < -0.4 is 0 Å². The van der Waals surface area contributed by atoms with Gasteiger partial charge in [0.25, 0.3) is 0 Å². The Labute approximate surface area is 142 Å². The van der Waals surface area contributed by atoms with Gasteiger partial charge in [0.05, 0.1) is 0 Å². The molecule has 1 aliphatic carbocycles. The maximum Gasteiger partial charge on any atom is 0.146 e. The minimum atomic E-state index is 0.134. The monoisotopic (exact) mass is 310 g/mol. The van der Waals surface area contributed by atoms with Crippen molar-refractivity contribution in [2.24, 2.45) is 0 Å². The molecule has 0 aliphatic heterocycles. The number of hydrogen-bond donors (Lipinski definition) is 0. The first-order chi connectivity index (χ1) is 11.8. The van der Waals surface area contributed by atoms with Crippen molar-refractivity contribution in [1.29, 1.82) is 0 Å². The molecule has 24 heavy (non-hydrogen) atoms. The number of hydrogen-bond acceptors (Lipinski definition) is 1. The molecule has 0 saturated carbocycles. The van der Waals surface area contributed by atoms with Gasteiger partial charge in [-0.2, -0.15) is 0 Å². The van der Waals surface area contributed by atoms with Crippen LogP contribution in [-0.2, 0) is 4.79 Å². The van der Waals surface area contributed by atoms with Gasteiger partial charge in [0.1, 0.15) is 6.29 Å². The molecule has 1 atom stereocenters. The molecule has 0 saturated heterocycles. The summed E-state index contributed by atoms with van der Waals surface area (Å²) in [5.41, 5.74) is 4.56. The van der Waals surface area contributed by atoms with Crippen molar-refractivity contribution in [2.75, 3.05) is 0 Å². The van der Waals surface area contributed by atoms with Gasteiger partial charge in [0.2, 0.25) is 0 Å². The molecule has 0 N–H and O–H groups in total. The zero-order chi connectivity index (χ0) is 16.4. The van der Waals surface area contributed by atoms with Crippen LogP contribution in [0.4, 0.5) is 0 Å². The first-order valence-electron chi connectivity index (χ1n) is 8.25. The molecule has 0 fully saturated rings. The normalized spacial score (nSPS) is 17.2. The molecular weight excluding hydrogens is 292 g/mol. The number of rotatable bonds is 3. The Kier molecular flexibility index (Phi) is 3.84. The van der Waals surface area contributed by atoms with Crippen LogP contribution >= 0.6 is 0 Å². The molecule has 3 aromatic carbocycles. The van der Waals surface area contributed by atoms with Gasteiger partial charge < -0.3 is 0 Å². The van der Waals surface area contributed by atoms with Crippen LogP contribution in [-0.4, -0.2) is 6.29 Å². The van der Waals surface area contributed by atoms with E-state index in [2.05, 4.69) is 60.7 Å². The molecule has 116 valence electrons. The van der Waals surface area contributed by atoms with Gasteiger partial charge >= 0.3 is 0 Å². The number of fused-ring (bicyclic) bond motifs is 1. The summed E-state index contributed by atoms with van der Waals surface area (Å²) in [6.45, 7) is 0. The van der Waals surface area contributed by atoms with E-state index in [0.29, 0.717) is 0 Å². The zero-order valence-electron chi connectivity index (χ0n) is 13.4. The summed E-state index contributed by atoms with van der Waals surface area (Å²) in [5, 5.41) is 2.50. The van der Waals surface area contributed by atoms with Crippen molar-refractivity contribution < 1.29 is 4.79 Å². The third-order valence-electron chi connectivity index (χ3n) is 4.76. The predicted octanol–water partition coefficient (Wildman–Crippen LogP) is 5.54. The van der Waals surface area contributed by atoms with Crippen LogP contribution in [0.1, 0.15) is 23.5 Å². The van der Waals surface area contributed by atoms with E-state index < -0.39 is 0 Å². The second kappa shape index (κ2) is 6.29. The summed E-state index contributed by atoms with van der Waals surface area (Å²) in [4.78, 5) is 11.5. The first kappa shape index (κ1) is 14.6. The standard InChI is InChI=1S/C23H18O/c24-16-22-13-12-21(15-23(22)18-7-2-1-3-8-18)20-11-10-17-6-4-5-9-19(17)14-20/h1-14,16,23H,15H2. The van der Waals surface area contributed by atoms with E-state index >= 15 is 0 Å². The molecule has 0 radical (unpaired) electrons. The number of allylic oxidation sites excluding steroid dienone is 4. The van der Waals surface area contributed by atoms with E-state index in [1.165, 1.54) is 27.5 Å². The fraction of sp³-hybridized carbons (Fsp3) is 0.0870. The van der Waals surface area contributed by atoms with Crippen molar-refractivity contribution >= 4 is 22.6 Å². The molecule has 1 aliphatic rings. The maximum absolute atomic E-state index is 11.5. The van der Waals surface area contributed by atoms with Crippen LogP contribution in [0.5, 0.6) is 0 Å². The van der Waals surface area contributed by atoms with E-state index in [1.807, 2.05) is 24.3 Å². The molecule has 1 unspecified atom stereocenters. The molecule has 0 amide bonds. The lowest BCUT2D eigenvalue weighted by molar-refractivity contribution is -0.105. The second-order valence-corrected chi connectivity index (χ2v) is 6.21. The van der Waals surface area contributed by atoms with Crippen LogP contribution in [0.25, 0.3) is 16.3 Å². The van der Waals surface area contributed by atoms with E-state index in [9.17, 15) is 4.79 Å². The summed E-state index contributed by atoms with van der Waals surface area (Å²) in [5.74, 6) is 0.134. The third-order valence-corrected chi connectivity index (χ3v) is 4.76. The largest absolute Gasteiger partial charge is 0.298 e. The molecule has 0 heterocycles. The molecule has 0 bridgehead atoms. The third kappa shape index (κ3) is 2.69. The SMILES string of the molecule is O=CC1=CC=C(c2ccc3ccccc3c2)CC1c1ccccc1. The Balaban J connectivity index is 1.74. The van der Waals surface area contributed by atoms with Crippen molar-refractivity contribution in [3.05, 3.63) is 102 Å². The maximum atomic E-state index is 11.5. The number of carbonyl (C=O) groups excluding carboxylic acids is 1. The topological polar surface area (TPSA) is 17.1 Å². The summed E-state index contributed by atoms with van der Waals surface area (Å²) in [6.07, 6.45) is 5.91. The number of benzene rings is 3. The molecule has 4 rings (SSSR count). The van der Waals surface area contributed by atoms with Crippen molar-refractivity contribution in [2.45, 2.75) is 12.3 Å². The van der Waals surface area contributed by atoms with Gasteiger partial charge in [-0.15, -0.1) is 0 Å². The molecule has 1 heteroatoms. The van der Waals surface area contributed by atoms with Crippen LogP contribution in [0.15, 0.2) is 90.5 Å². The predicted molar refractivity (Wildman–Crippen MR) is 99.9 cm³/mol. The molecular formula is C23H18O. The number of carbonyl (C=O) groups is 1. The second-order valence-electron chi connectivity index (χ2n) is 6.21. The highest BCUT2D eigenvalue weighted by Gasteiger charge is 2.21. The minimum Gasteiger partial charge on any atom is -0.298 e. The van der Waals surface area contributed by atoms with Crippen molar-refractivity contribution in [3.8, 4) is 0 Å². The van der Waals surface area contributed by atoms with Gasteiger partial charge in [-0.1, -0.05) is 78.9 Å². The molecule has 0 aromatic heterocycles. The average molecular weight is 310 g/mol. The Bertz CT molecular complexity index is 948. The highest BCUT2D eigenvalue weighted by molar-refractivity contribution is 5.88. The quantitative estimate of drug-likeness (QED) is 0.581. The summed E-state index contributed by atoms with van der Waals surface area (Å²) < 4.78 is 0. The van der Waals surface area contributed by atoms with E-state index in [-0.39, 0.29) is 5.92 Å². The van der Waals surface area contributed by atoms with Gasteiger partial charge in [0, 0.05) is 5.92 Å². The van der Waals surface area contributed by atoms with Gasteiger partial charge in [0.15, 0.2) is 0 Å². The Morgan fingerprint density at radius 2 is 1.54 bits per heavy atom. The van der Waals surface area contributed by atoms with Crippen molar-refractivity contribution in [1.82, 2.24) is 0 Å². The van der Waals surface area contributed by atoms with Crippen LogP contribution in [0.2, 0.25) is 0 Å². The minimum absolute atomic E-state index is 0.134. The Hall–Kier alpha value is -2.93. The first-order valence-corrected chi connectivity index (χ1v) is 8.25. The van der Waals surface area contributed by atoms with E-state index in [1.54, 1.807) is 0 Å². The lowest BCUT2D eigenvalue weighted by Crippen LogP contribution is -2.08. The molecule has 1 nitrogen and oxygen atoms in total. The zero-order valence-corrected chi connectivity index (χ0v) is 13.4. The fourth-order valence-electron chi connectivity index (χ4n) is 3.44. The van der Waals surface area contributed by atoms with Gasteiger partial charge in [-0.3, -0.25) is 4.79 Å². The highest BCUT2D eigenvalue weighted by atomic mass is 16.1. The summed E-state index contributed by atoms with van der Waals surface area (Å²) in [7, 11) is 0. The summed E-state index contributed by atoms with van der Waals surface area (Å²) >= 11 is 0. The lowest BCUT2D eigenvalue weighted by atomic mass is 9.80. The van der Waals surface area contributed by atoms with Crippen LogP contribution in [0.3, 0.4) is 0 Å². The van der Waals surface area contributed by atoms with Crippen LogP contribution in [0, 0.1) is 0 Å². The Morgan fingerprint density at radius 3 is 2.33 bits per heavy atom. The number of aldehydes is 1.